The van der Waals surface area contributed by atoms with Gasteiger partial charge < -0.3 is 10.2 Å². The molecule has 0 atom stereocenters. The Kier molecular flexibility index (Phi) is 4.38. The van der Waals surface area contributed by atoms with E-state index in [-0.39, 0.29) is 5.91 Å². The fourth-order valence-corrected chi connectivity index (χ4v) is 3.72. The monoisotopic (exact) mass is 340 g/mol. The summed E-state index contributed by atoms with van der Waals surface area (Å²) in [6, 6.07) is 0. The molecule has 2 aromatic rings. The van der Waals surface area contributed by atoms with Crippen LogP contribution in [-0.4, -0.2) is 39.2 Å². The van der Waals surface area contributed by atoms with Gasteiger partial charge in [0.1, 0.15) is 0 Å². The van der Waals surface area contributed by atoms with Crippen molar-refractivity contribution >= 4 is 11.9 Å². The lowest BCUT2D eigenvalue weighted by molar-refractivity contribution is 0.0949. The minimum absolute atomic E-state index is 0.141. The van der Waals surface area contributed by atoms with Crippen molar-refractivity contribution in [3.63, 3.8) is 0 Å². The second kappa shape index (κ2) is 6.82. The summed E-state index contributed by atoms with van der Waals surface area (Å²) in [6.45, 7) is 4.30. The van der Waals surface area contributed by atoms with Crippen molar-refractivity contribution in [1.29, 1.82) is 0 Å². The lowest BCUT2D eigenvalue weighted by Gasteiger charge is -2.26. The molecule has 0 unspecified atom stereocenters. The number of aromatic nitrogens is 4. The van der Waals surface area contributed by atoms with Crippen LogP contribution in [0.3, 0.4) is 0 Å². The van der Waals surface area contributed by atoms with Gasteiger partial charge in [-0.05, 0) is 51.0 Å². The van der Waals surface area contributed by atoms with E-state index in [2.05, 4.69) is 30.4 Å². The summed E-state index contributed by atoms with van der Waals surface area (Å²) < 4.78 is 0. The normalized spacial score (nSPS) is 16.8. The third-order valence-electron chi connectivity index (χ3n) is 5.16. The maximum Gasteiger partial charge on any atom is 0.255 e. The molecule has 4 rings (SSSR count). The molecule has 0 aromatic carbocycles. The molecule has 0 spiro atoms. The molecule has 7 heteroatoms. The van der Waals surface area contributed by atoms with Crippen LogP contribution >= 0.6 is 0 Å². The molecule has 1 aliphatic carbocycles. The Bertz CT molecular complexity index is 778. The third-order valence-corrected chi connectivity index (χ3v) is 5.16. The van der Waals surface area contributed by atoms with Crippen LogP contribution in [0.4, 0.5) is 5.95 Å². The summed E-state index contributed by atoms with van der Waals surface area (Å²) in [6.07, 6.45) is 8.54. The molecule has 132 valence electrons. The Morgan fingerprint density at radius 3 is 2.88 bits per heavy atom. The van der Waals surface area contributed by atoms with Gasteiger partial charge in [-0.25, -0.2) is 9.97 Å². The van der Waals surface area contributed by atoms with Gasteiger partial charge in [-0.3, -0.25) is 9.89 Å². The van der Waals surface area contributed by atoms with Crippen molar-refractivity contribution in [2.75, 3.05) is 18.0 Å². The van der Waals surface area contributed by atoms with Crippen molar-refractivity contribution in [3.05, 3.63) is 34.4 Å². The van der Waals surface area contributed by atoms with Crippen LogP contribution in [0, 0.1) is 6.92 Å². The number of fused-ring (bicyclic) bond motifs is 1. The Morgan fingerprint density at radius 1 is 1.24 bits per heavy atom. The first kappa shape index (κ1) is 16.1. The summed E-state index contributed by atoms with van der Waals surface area (Å²) in [5, 5.41) is 10.4. The maximum absolute atomic E-state index is 12.5. The van der Waals surface area contributed by atoms with Gasteiger partial charge in [0.15, 0.2) is 0 Å². The number of carbonyl (C=O) groups excluding carboxylic acids is 1. The van der Waals surface area contributed by atoms with E-state index in [0.29, 0.717) is 12.1 Å². The molecule has 0 radical (unpaired) electrons. The number of rotatable bonds is 4. The molecule has 1 amide bonds. The zero-order chi connectivity index (χ0) is 17.2. The van der Waals surface area contributed by atoms with E-state index in [1.807, 2.05) is 6.92 Å². The number of aromatic amines is 1. The number of aryl methyl sites for hydroxylation is 2. The number of amides is 1. The van der Waals surface area contributed by atoms with Crippen molar-refractivity contribution in [2.24, 2.45) is 0 Å². The highest BCUT2D eigenvalue weighted by Crippen LogP contribution is 2.22. The molecule has 1 aliphatic heterocycles. The molecule has 1 fully saturated rings. The zero-order valence-electron chi connectivity index (χ0n) is 14.6. The number of hydrogen-bond donors (Lipinski definition) is 2. The summed E-state index contributed by atoms with van der Waals surface area (Å²) in [7, 11) is 0. The van der Waals surface area contributed by atoms with Crippen molar-refractivity contribution in [3.8, 4) is 0 Å². The quantitative estimate of drug-likeness (QED) is 0.888. The standard InChI is InChI=1S/C18H24N6O/c1-12-14(10-20-18(21-12)24-8-3-2-4-9-24)17(25)19-11-16-13-6-5-7-15(13)22-23-16/h10H,2-9,11H2,1H3,(H,19,25)(H,22,23). The highest BCUT2D eigenvalue weighted by atomic mass is 16.1. The van der Waals surface area contributed by atoms with Gasteiger partial charge in [0.05, 0.1) is 23.5 Å². The topological polar surface area (TPSA) is 86.8 Å². The van der Waals surface area contributed by atoms with E-state index in [1.54, 1.807) is 6.20 Å². The van der Waals surface area contributed by atoms with Gasteiger partial charge >= 0.3 is 0 Å². The first-order valence-electron chi connectivity index (χ1n) is 9.14. The second-order valence-corrected chi connectivity index (χ2v) is 6.88. The van der Waals surface area contributed by atoms with E-state index in [1.165, 1.54) is 30.5 Å². The SMILES string of the molecule is Cc1nc(N2CCCCC2)ncc1C(=O)NCc1n[nH]c2c1CCC2. The van der Waals surface area contributed by atoms with Gasteiger partial charge in [0.25, 0.3) is 5.91 Å². The van der Waals surface area contributed by atoms with Crippen molar-refractivity contribution in [1.82, 2.24) is 25.5 Å². The van der Waals surface area contributed by atoms with Crippen LogP contribution < -0.4 is 10.2 Å². The Labute approximate surface area is 147 Å². The predicted octanol–water partition coefficient (Wildman–Crippen LogP) is 1.92. The minimum Gasteiger partial charge on any atom is -0.346 e. The maximum atomic E-state index is 12.5. The summed E-state index contributed by atoms with van der Waals surface area (Å²) in [4.78, 5) is 23.7. The average Bonchev–Trinajstić information content (AvgIpc) is 3.24. The number of piperidine rings is 1. The number of anilines is 1. The van der Waals surface area contributed by atoms with E-state index < -0.39 is 0 Å². The summed E-state index contributed by atoms with van der Waals surface area (Å²) in [5.41, 5.74) is 4.70. The number of nitrogens with zero attached hydrogens (tertiary/aromatic N) is 4. The molecule has 1 saturated heterocycles. The summed E-state index contributed by atoms with van der Waals surface area (Å²) >= 11 is 0. The molecule has 2 aromatic heterocycles. The van der Waals surface area contributed by atoms with Gasteiger partial charge in [0.2, 0.25) is 5.95 Å². The third kappa shape index (κ3) is 3.23. The van der Waals surface area contributed by atoms with Gasteiger partial charge in [-0.2, -0.15) is 5.10 Å². The smallest absolute Gasteiger partial charge is 0.255 e. The van der Waals surface area contributed by atoms with E-state index >= 15 is 0 Å². The second-order valence-electron chi connectivity index (χ2n) is 6.88. The van der Waals surface area contributed by atoms with Crippen molar-refractivity contribution in [2.45, 2.75) is 52.0 Å². The fourth-order valence-electron chi connectivity index (χ4n) is 3.72. The van der Waals surface area contributed by atoms with E-state index in [4.69, 9.17) is 0 Å². The van der Waals surface area contributed by atoms with Crippen LogP contribution in [0.1, 0.15) is 58.7 Å². The predicted molar refractivity (Wildman–Crippen MR) is 94.6 cm³/mol. The van der Waals surface area contributed by atoms with Crippen LogP contribution in [0.25, 0.3) is 0 Å². The minimum atomic E-state index is -0.141. The first-order chi connectivity index (χ1) is 12.2. The highest BCUT2D eigenvalue weighted by molar-refractivity contribution is 5.94. The van der Waals surface area contributed by atoms with Gasteiger partial charge in [-0.15, -0.1) is 0 Å². The molecule has 25 heavy (non-hydrogen) atoms. The molecular weight excluding hydrogens is 316 g/mol. The van der Waals surface area contributed by atoms with Gasteiger partial charge in [0, 0.05) is 25.0 Å². The number of hydrogen-bond acceptors (Lipinski definition) is 5. The molecule has 7 nitrogen and oxygen atoms in total. The zero-order valence-corrected chi connectivity index (χ0v) is 14.6. The molecule has 2 N–H and O–H groups in total. The van der Waals surface area contributed by atoms with E-state index in [9.17, 15) is 4.79 Å². The number of carbonyl (C=O) groups is 1. The molecule has 3 heterocycles. The Hall–Kier alpha value is -2.44. The molecular formula is C18H24N6O. The first-order valence-corrected chi connectivity index (χ1v) is 9.14. The van der Waals surface area contributed by atoms with Gasteiger partial charge in [-0.1, -0.05) is 0 Å². The van der Waals surface area contributed by atoms with Crippen LogP contribution in [-0.2, 0) is 19.4 Å². The Morgan fingerprint density at radius 2 is 2.08 bits per heavy atom. The largest absolute Gasteiger partial charge is 0.346 e. The lowest BCUT2D eigenvalue weighted by Crippen LogP contribution is -2.32. The van der Waals surface area contributed by atoms with Crippen molar-refractivity contribution < 1.29 is 4.79 Å². The average molecular weight is 340 g/mol. The lowest BCUT2D eigenvalue weighted by atomic mass is 10.1. The molecule has 0 bridgehead atoms. The summed E-state index contributed by atoms with van der Waals surface area (Å²) in [5.74, 6) is 0.594. The molecule has 2 aliphatic rings. The Balaban J connectivity index is 1.42. The van der Waals surface area contributed by atoms with Crippen LogP contribution in [0.2, 0.25) is 0 Å². The fraction of sp³-hybridized carbons (Fsp3) is 0.556. The highest BCUT2D eigenvalue weighted by Gasteiger charge is 2.20. The number of nitrogens with one attached hydrogen (secondary N) is 2. The van der Waals surface area contributed by atoms with Crippen LogP contribution in [0.5, 0.6) is 0 Å². The molecule has 0 saturated carbocycles. The number of H-pyrrole nitrogens is 1. The van der Waals surface area contributed by atoms with E-state index in [0.717, 1.165) is 49.7 Å². The van der Waals surface area contributed by atoms with Crippen LogP contribution in [0.15, 0.2) is 6.20 Å².